The molecule has 0 radical (unpaired) electrons. The van der Waals surface area contributed by atoms with Crippen LogP contribution in [0.4, 0.5) is 0 Å². The number of methoxy groups -OCH3 is 1. The van der Waals surface area contributed by atoms with Crippen molar-refractivity contribution in [2.45, 2.75) is 46.1 Å². The zero-order chi connectivity index (χ0) is 22.3. The van der Waals surface area contributed by atoms with Gasteiger partial charge >= 0.3 is 5.97 Å². The molecule has 0 spiro atoms. The summed E-state index contributed by atoms with van der Waals surface area (Å²) in [5.41, 5.74) is 2.42. The molecule has 0 saturated heterocycles. The molecular formula is C25H30O5. The van der Waals surface area contributed by atoms with Gasteiger partial charge in [0.2, 0.25) is 5.78 Å². The van der Waals surface area contributed by atoms with Crippen LogP contribution in [-0.4, -0.2) is 31.6 Å². The lowest BCUT2D eigenvalue weighted by Crippen LogP contribution is -2.23. The predicted molar refractivity (Wildman–Crippen MR) is 118 cm³/mol. The van der Waals surface area contributed by atoms with Crippen molar-refractivity contribution >= 4 is 17.8 Å². The van der Waals surface area contributed by atoms with Crippen LogP contribution >= 0.6 is 0 Å². The molecule has 5 heteroatoms. The Hall–Kier alpha value is -3.08. The molecule has 0 bridgehead atoms. The van der Waals surface area contributed by atoms with Gasteiger partial charge in [-0.1, -0.05) is 51.1 Å². The van der Waals surface area contributed by atoms with E-state index in [1.807, 2.05) is 25.1 Å². The Kier molecular flexibility index (Phi) is 7.81. The molecule has 2 rings (SSSR count). The van der Waals surface area contributed by atoms with Gasteiger partial charge in [0, 0.05) is 11.6 Å². The van der Waals surface area contributed by atoms with Crippen molar-refractivity contribution in [2.24, 2.45) is 0 Å². The summed E-state index contributed by atoms with van der Waals surface area (Å²) in [5.74, 6) is 0.390. The number of benzene rings is 2. The largest absolute Gasteiger partial charge is 0.493 e. The van der Waals surface area contributed by atoms with Crippen molar-refractivity contribution in [3.05, 3.63) is 65.2 Å². The quantitative estimate of drug-likeness (QED) is 0.339. The van der Waals surface area contributed by atoms with Crippen LogP contribution in [-0.2, 0) is 14.9 Å². The van der Waals surface area contributed by atoms with Gasteiger partial charge in [0.15, 0.2) is 17.6 Å². The van der Waals surface area contributed by atoms with Crippen LogP contribution in [0.15, 0.2) is 48.5 Å². The fourth-order valence-corrected chi connectivity index (χ4v) is 2.86. The molecular weight excluding hydrogens is 380 g/mol. The molecule has 0 saturated carbocycles. The van der Waals surface area contributed by atoms with Crippen molar-refractivity contribution < 1.29 is 23.8 Å². The molecule has 0 amide bonds. The Labute approximate surface area is 178 Å². The molecule has 0 fully saturated rings. The van der Waals surface area contributed by atoms with E-state index in [4.69, 9.17) is 14.2 Å². The summed E-state index contributed by atoms with van der Waals surface area (Å²) in [6.45, 7) is 10.3. The van der Waals surface area contributed by atoms with E-state index in [1.165, 1.54) is 6.08 Å². The summed E-state index contributed by atoms with van der Waals surface area (Å²) in [6.07, 6.45) is 2.02. The standard InChI is InChI=1S/C25H30O5/c1-7-29-21-14-8-18(16-22(21)28-6)9-15-23(26)30-17(2)24(27)19-10-12-20(13-11-19)25(3,4)5/h8-17H,7H2,1-6H3/b15-9+/t17-/m0/s1. The van der Waals surface area contributed by atoms with E-state index in [1.54, 1.807) is 44.4 Å². The van der Waals surface area contributed by atoms with Crippen LogP contribution in [0.2, 0.25) is 0 Å². The van der Waals surface area contributed by atoms with Crippen LogP contribution in [0, 0.1) is 0 Å². The molecule has 0 aliphatic heterocycles. The number of hydrogen-bond donors (Lipinski definition) is 0. The van der Waals surface area contributed by atoms with Gasteiger partial charge < -0.3 is 14.2 Å². The number of ether oxygens (including phenoxy) is 3. The summed E-state index contributed by atoms with van der Waals surface area (Å²) in [4.78, 5) is 24.7. The number of ketones is 1. The lowest BCUT2D eigenvalue weighted by molar-refractivity contribution is -0.140. The SMILES string of the molecule is CCOc1ccc(/C=C/C(=O)O[C@@H](C)C(=O)c2ccc(C(C)(C)C)cc2)cc1OC. The number of hydrogen-bond acceptors (Lipinski definition) is 5. The van der Waals surface area contributed by atoms with Crippen LogP contribution in [0.5, 0.6) is 11.5 Å². The van der Waals surface area contributed by atoms with Crippen molar-refractivity contribution in [3.63, 3.8) is 0 Å². The third-order valence-corrected chi connectivity index (χ3v) is 4.60. The monoisotopic (exact) mass is 410 g/mol. The minimum absolute atomic E-state index is 0.00794. The maximum atomic E-state index is 12.6. The number of Topliss-reactive ketones (excluding diaryl/α,β-unsaturated/α-hetero) is 1. The maximum Gasteiger partial charge on any atom is 0.331 e. The highest BCUT2D eigenvalue weighted by atomic mass is 16.5. The lowest BCUT2D eigenvalue weighted by Gasteiger charge is -2.19. The second-order valence-electron chi connectivity index (χ2n) is 7.95. The first kappa shape index (κ1) is 23.2. The van der Waals surface area contributed by atoms with Gasteiger partial charge in [0.25, 0.3) is 0 Å². The molecule has 0 aliphatic carbocycles. The van der Waals surface area contributed by atoms with Crippen LogP contribution in [0.1, 0.15) is 56.1 Å². The summed E-state index contributed by atoms with van der Waals surface area (Å²) in [7, 11) is 1.56. The average Bonchev–Trinajstić information content (AvgIpc) is 2.72. The van der Waals surface area contributed by atoms with Crippen molar-refractivity contribution in [3.8, 4) is 11.5 Å². The highest BCUT2D eigenvalue weighted by Gasteiger charge is 2.20. The first-order chi connectivity index (χ1) is 14.2. The van der Waals surface area contributed by atoms with E-state index in [9.17, 15) is 9.59 Å². The van der Waals surface area contributed by atoms with Crippen LogP contribution in [0.3, 0.4) is 0 Å². The molecule has 0 unspecified atom stereocenters. The zero-order valence-electron chi connectivity index (χ0n) is 18.5. The predicted octanol–water partition coefficient (Wildman–Crippen LogP) is 5.22. The first-order valence-electron chi connectivity index (χ1n) is 10.00. The fraction of sp³-hybridized carbons (Fsp3) is 0.360. The number of rotatable bonds is 8. The summed E-state index contributed by atoms with van der Waals surface area (Å²) in [6, 6.07) is 12.8. The zero-order valence-corrected chi connectivity index (χ0v) is 18.5. The second kappa shape index (κ2) is 10.1. The van der Waals surface area contributed by atoms with Crippen molar-refractivity contribution in [1.29, 1.82) is 0 Å². The Bertz CT molecular complexity index is 904. The normalized spacial score (nSPS) is 12.5. The Balaban J connectivity index is 2.00. The topological polar surface area (TPSA) is 61.8 Å². The van der Waals surface area contributed by atoms with E-state index in [-0.39, 0.29) is 11.2 Å². The minimum Gasteiger partial charge on any atom is -0.493 e. The highest BCUT2D eigenvalue weighted by molar-refractivity contribution is 6.01. The first-order valence-corrected chi connectivity index (χ1v) is 10.00. The molecule has 160 valence electrons. The molecule has 0 aromatic heterocycles. The third-order valence-electron chi connectivity index (χ3n) is 4.60. The van der Waals surface area contributed by atoms with Gasteiger partial charge in [0.1, 0.15) is 0 Å². The van der Waals surface area contributed by atoms with E-state index in [0.29, 0.717) is 23.7 Å². The van der Waals surface area contributed by atoms with Crippen molar-refractivity contribution in [2.75, 3.05) is 13.7 Å². The van der Waals surface area contributed by atoms with Gasteiger partial charge in [-0.2, -0.15) is 0 Å². The molecule has 0 aliphatic rings. The Morgan fingerprint density at radius 3 is 2.27 bits per heavy atom. The number of carbonyl (C=O) groups excluding carboxylic acids is 2. The molecule has 2 aromatic carbocycles. The van der Waals surface area contributed by atoms with Crippen LogP contribution < -0.4 is 9.47 Å². The molecule has 5 nitrogen and oxygen atoms in total. The summed E-state index contributed by atoms with van der Waals surface area (Å²) >= 11 is 0. The Morgan fingerprint density at radius 1 is 1.03 bits per heavy atom. The van der Waals surface area contributed by atoms with E-state index >= 15 is 0 Å². The van der Waals surface area contributed by atoms with Gasteiger partial charge in [-0.25, -0.2) is 4.79 Å². The Morgan fingerprint density at radius 2 is 1.70 bits per heavy atom. The fourth-order valence-electron chi connectivity index (χ4n) is 2.86. The summed E-state index contributed by atoms with van der Waals surface area (Å²) < 4.78 is 16.1. The van der Waals surface area contributed by atoms with E-state index < -0.39 is 12.1 Å². The van der Waals surface area contributed by atoms with Gasteiger partial charge in [0.05, 0.1) is 13.7 Å². The smallest absolute Gasteiger partial charge is 0.331 e. The molecule has 30 heavy (non-hydrogen) atoms. The van der Waals surface area contributed by atoms with Gasteiger partial charge in [-0.05, 0) is 48.6 Å². The third kappa shape index (κ3) is 6.21. The average molecular weight is 411 g/mol. The molecule has 1 atom stereocenters. The minimum atomic E-state index is -0.877. The van der Waals surface area contributed by atoms with Gasteiger partial charge in [-0.3, -0.25) is 4.79 Å². The molecule has 0 N–H and O–H groups in total. The maximum absolute atomic E-state index is 12.6. The van der Waals surface area contributed by atoms with Crippen LogP contribution in [0.25, 0.3) is 6.08 Å². The number of esters is 1. The van der Waals surface area contributed by atoms with E-state index in [2.05, 4.69) is 20.8 Å². The summed E-state index contributed by atoms with van der Waals surface area (Å²) in [5, 5.41) is 0. The van der Waals surface area contributed by atoms with Crippen molar-refractivity contribution in [1.82, 2.24) is 0 Å². The number of carbonyl (C=O) groups is 2. The lowest BCUT2D eigenvalue weighted by atomic mass is 9.86. The van der Waals surface area contributed by atoms with E-state index in [0.717, 1.165) is 11.1 Å². The second-order valence-corrected chi connectivity index (χ2v) is 7.95. The van der Waals surface area contributed by atoms with Gasteiger partial charge in [-0.15, -0.1) is 0 Å². The molecule has 0 heterocycles. The molecule has 2 aromatic rings. The highest BCUT2D eigenvalue weighted by Crippen LogP contribution is 2.28.